The minimum absolute atomic E-state index is 0.294. The number of nitrogens with two attached hydrogens (primary N) is 1. The van der Waals surface area contributed by atoms with Crippen LogP contribution in [0.2, 0.25) is 0 Å². The van der Waals surface area contributed by atoms with Crippen molar-refractivity contribution in [2.24, 2.45) is 10.7 Å². The molecule has 1 aromatic rings. The van der Waals surface area contributed by atoms with Crippen molar-refractivity contribution in [3.05, 3.63) is 29.8 Å². The molecule has 1 saturated carbocycles. The van der Waals surface area contributed by atoms with Gasteiger partial charge < -0.3 is 16.2 Å². The molecule has 0 radical (unpaired) electrons. The summed E-state index contributed by atoms with van der Waals surface area (Å²) in [6.45, 7) is 0.677. The average molecular weight is 219 g/mol. The number of aliphatic imine (C=N–C) groups is 1. The second kappa shape index (κ2) is 4.88. The second-order valence-corrected chi connectivity index (χ2v) is 4.10. The van der Waals surface area contributed by atoms with Gasteiger partial charge in [0.05, 0.1) is 0 Å². The van der Waals surface area contributed by atoms with Crippen LogP contribution in [-0.4, -0.2) is 23.7 Å². The Balaban J connectivity index is 1.75. The molecular formula is C12H17N3O. The monoisotopic (exact) mass is 219 g/mol. The Morgan fingerprint density at radius 2 is 2.06 bits per heavy atom. The molecule has 1 fully saturated rings. The number of phenolic OH excluding ortho intramolecular Hbond substituents is 1. The van der Waals surface area contributed by atoms with Gasteiger partial charge >= 0.3 is 0 Å². The molecule has 0 bridgehead atoms. The van der Waals surface area contributed by atoms with Crippen LogP contribution in [0.1, 0.15) is 18.4 Å². The first kappa shape index (κ1) is 10.8. The fraction of sp³-hybridized carbons (Fsp3) is 0.417. The average Bonchev–Trinajstić information content (AvgIpc) is 3.05. The van der Waals surface area contributed by atoms with E-state index in [-0.39, 0.29) is 0 Å². The summed E-state index contributed by atoms with van der Waals surface area (Å²) in [7, 11) is 0. The van der Waals surface area contributed by atoms with E-state index in [1.165, 1.54) is 12.8 Å². The van der Waals surface area contributed by atoms with E-state index in [9.17, 15) is 0 Å². The predicted molar refractivity (Wildman–Crippen MR) is 64.5 cm³/mol. The maximum absolute atomic E-state index is 9.12. The molecule has 0 aromatic heterocycles. The summed E-state index contributed by atoms with van der Waals surface area (Å²) in [4.78, 5) is 4.24. The molecule has 0 unspecified atom stereocenters. The van der Waals surface area contributed by atoms with Crippen molar-refractivity contribution in [1.82, 2.24) is 5.32 Å². The molecule has 4 N–H and O–H groups in total. The third kappa shape index (κ3) is 3.46. The summed E-state index contributed by atoms with van der Waals surface area (Å²) in [5, 5.41) is 12.3. The highest BCUT2D eigenvalue weighted by atomic mass is 16.3. The molecule has 0 aliphatic heterocycles. The lowest BCUT2D eigenvalue weighted by Crippen LogP contribution is -2.33. The SMILES string of the molecule is NC(=NCCc1ccc(O)cc1)NC1CC1. The zero-order chi connectivity index (χ0) is 11.4. The molecule has 86 valence electrons. The molecule has 0 heterocycles. The number of phenols is 1. The summed E-state index contributed by atoms with van der Waals surface area (Å²) in [6, 6.07) is 7.72. The van der Waals surface area contributed by atoms with Gasteiger partial charge in [-0.05, 0) is 37.0 Å². The summed E-state index contributed by atoms with van der Waals surface area (Å²) >= 11 is 0. The van der Waals surface area contributed by atoms with Gasteiger partial charge in [-0.3, -0.25) is 4.99 Å². The Morgan fingerprint density at radius 3 is 2.69 bits per heavy atom. The Hall–Kier alpha value is -1.71. The Labute approximate surface area is 95.2 Å². The molecule has 4 heteroatoms. The van der Waals surface area contributed by atoms with E-state index in [2.05, 4.69) is 10.3 Å². The van der Waals surface area contributed by atoms with Crippen LogP contribution >= 0.6 is 0 Å². The molecule has 2 rings (SSSR count). The maximum Gasteiger partial charge on any atom is 0.188 e. The highest BCUT2D eigenvalue weighted by Crippen LogP contribution is 2.18. The van der Waals surface area contributed by atoms with Crippen LogP contribution in [0.3, 0.4) is 0 Å². The van der Waals surface area contributed by atoms with E-state index >= 15 is 0 Å². The topological polar surface area (TPSA) is 70.6 Å². The van der Waals surface area contributed by atoms with Crippen molar-refractivity contribution in [3.63, 3.8) is 0 Å². The molecule has 1 aliphatic rings. The van der Waals surface area contributed by atoms with Crippen LogP contribution in [0.25, 0.3) is 0 Å². The number of benzene rings is 1. The van der Waals surface area contributed by atoms with E-state index in [1.54, 1.807) is 12.1 Å². The smallest absolute Gasteiger partial charge is 0.188 e. The number of guanidine groups is 1. The van der Waals surface area contributed by atoms with Gasteiger partial charge in [0, 0.05) is 12.6 Å². The normalized spacial score (nSPS) is 16.1. The fourth-order valence-electron chi connectivity index (χ4n) is 1.45. The lowest BCUT2D eigenvalue weighted by molar-refractivity contribution is 0.475. The summed E-state index contributed by atoms with van der Waals surface area (Å²) in [5.41, 5.74) is 6.86. The van der Waals surface area contributed by atoms with Crippen LogP contribution in [0, 0.1) is 0 Å². The minimum atomic E-state index is 0.294. The largest absolute Gasteiger partial charge is 0.508 e. The number of hydrogen-bond acceptors (Lipinski definition) is 2. The third-order valence-corrected chi connectivity index (χ3v) is 2.55. The first-order valence-corrected chi connectivity index (χ1v) is 5.58. The highest BCUT2D eigenvalue weighted by Gasteiger charge is 2.21. The zero-order valence-electron chi connectivity index (χ0n) is 9.19. The summed E-state index contributed by atoms with van der Waals surface area (Å²) in [5.74, 6) is 0.837. The summed E-state index contributed by atoms with van der Waals surface area (Å²) < 4.78 is 0. The van der Waals surface area contributed by atoms with E-state index in [0.717, 1.165) is 12.0 Å². The second-order valence-electron chi connectivity index (χ2n) is 4.10. The molecule has 1 aliphatic carbocycles. The van der Waals surface area contributed by atoms with Crippen molar-refractivity contribution < 1.29 is 5.11 Å². The van der Waals surface area contributed by atoms with Crippen LogP contribution in [0.5, 0.6) is 5.75 Å². The molecule has 1 aromatic carbocycles. The van der Waals surface area contributed by atoms with Crippen LogP contribution in [0.4, 0.5) is 0 Å². The van der Waals surface area contributed by atoms with Gasteiger partial charge in [-0.25, -0.2) is 0 Å². The van der Waals surface area contributed by atoms with Crippen molar-refractivity contribution in [2.75, 3.05) is 6.54 Å². The van der Waals surface area contributed by atoms with Gasteiger partial charge in [0.15, 0.2) is 5.96 Å². The molecule has 0 amide bonds. The van der Waals surface area contributed by atoms with Crippen molar-refractivity contribution in [3.8, 4) is 5.75 Å². The van der Waals surface area contributed by atoms with Crippen molar-refractivity contribution in [1.29, 1.82) is 0 Å². The van der Waals surface area contributed by atoms with Crippen molar-refractivity contribution in [2.45, 2.75) is 25.3 Å². The molecule has 16 heavy (non-hydrogen) atoms. The number of aromatic hydroxyl groups is 1. The molecule has 4 nitrogen and oxygen atoms in total. The fourth-order valence-corrected chi connectivity index (χ4v) is 1.45. The Kier molecular flexibility index (Phi) is 3.29. The Bertz CT molecular complexity index is 368. The first-order valence-electron chi connectivity index (χ1n) is 5.58. The van der Waals surface area contributed by atoms with Gasteiger partial charge in [0.2, 0.25) is 0 Å². The van der Waals surface area contributed by atoms with Gasteiger partial charge in [0.25, 0.3) is 0 Å². The van der Waals surface area contributed by atoms with E-state index in [0.29, 0.717) is 24.3 Å². The zero-order valence-corrected chi connectivity index (χ0v) is 9.19. The number of hydrogen-bond donors (Lipinski definition) is 3. The standard InChI is InChI=1S/C12H17N3O/c13-12(15-10-3-4-10)14-8-7-9-1-5-11(16)6-2-9/h1-2,5-6,10,16H,3-4,7-8H2,(H3,13,14,15). The summed E-state index contributed by atoms with van der Waals surface area (Å²) in [6.07, 6.45) is 3.25. The van der Waals surface area contributed by atoms with Gasteiger partial charge in [-0.1, -0.05) is 12.1 Å². The van der Waals surface area contributed by atoms with Gasteiger partial charge in [-0.2, -0.15) is 0 Å². The minimum Gasteiger partial charge on any atom is -0.508 e. The molecule has 0 saturated heterocycles. The molecular weight excluding hydrogens is 202 g/mol. The van der Waals surface area contributed by atoms with Gasteiger partial charge in [-0.15, -0.1) is 0 Å². The van der Waals surface area contributed by atoms with Crippen molar-refractivity contribution >= 4 is 5.96 Å². The number of nitrogens with one attached hydrogen (secondary N) is 1. The molecule has 0 spiro atoms. The lowest BCUT2D eigenvalue weighted by atomic mass is 10.1. The quantitative estimate of drug-likeness (QED) is 0.522. The molecule has 0 atom stereocenters. The first-order chi connectivity index (χ1) is 7.74. The highest BCUT2D eigenvalue weighted by molar-refractivity contribution is 5.78. The lowest BCUT2D eigenvalue weighted by Gasteiger charge is -2.03. The van der Waals surface area contributed by atoms with Gasteiger partial charge in [0.1, 0.15) is 5.75 Å². The predicted octanol–water partition coefficient (Wildman–Crippen LogP) is 1.00. The van der Waals surface area contributed by atoms with E-state index < -0.39 is 0 Å². The van der Waals surface area contributed by atoms with E-state index in [4.69, 9.17) is 10.8 Å². The van der Waals surface area contributed by atoms with Crippen LogP contribution in [0.15, 0.2) is 29.3 Å². The van der Waals surface area contributed by atoms with Crippen LogP contribution < -0.4 is 11.1 Å². The van der Waals surface area contributed by atoms with Crippen LogP contribution in [-0.2, 0) is 6.42 Å². The van der Waals surface area contributed by atoms with E-state index in [1.807, 2.05) is 12.1 Å². The number of rotatable bonds is 4. The number of nitrogens with zero attached hydrogens (tertiary/aromatic N) is 1. The Morgan fingerprint density at radius 1 is 1.38 bits per heavy atom. The maximum atomic E-state index is 9.12. The third-order valence-electron chi connectivity index (χ3n) is 2.55.